The minimum absolute atomic E-state index is 0.559. The molecule has 0 saturated carbocycles. The number of aliphatic carboxylic acids is 1. The van der Waals surface area contributed by atoms with Crippen molar-refractivity contribution in [3.05, 3.63) is 53.4 Å². The molecule has 0 amide bonds. The number of ether oxygens (including phenoxy) is 2. The summed E-state index contributed by atoms with van der Waals surface area (Å²) >= 11 is 0. The Morgan fingerprint density at radius 3 is 2.48 bits per heavy atom. The van der Waals surface area contributed by atoms with Crippen molar-refractivity contribution in [3.63, 3.8) is 0 Å². The summed E-state index contributed by atoms with van der Waals surface area (Å²) in [5.74, 6) is 0.765. The molecule has 0 aliphatic heterocycles. The normalized spacial score (nSPS) is 12.8. The van der Waals surface area contributed by atoms with E-state index in [0.717, 1.165) is 16.5 Å². The minimum atomic E-state index is -0.982. The highest BCUT2D eigenvalue weighted by Gasteiger charge is 2.13. The summed E-state index contributed by atoms with van der Waals surface area (Å²) in [6.07, 6.45) is 0. The van der Waals surface area contributed by atoms with Crippen LogP contribution >= 0.6 is 0 Å². The largest absolute Gasteiger partial charge is 0.493 e. The van der Waals surface area contributed by atoms with Gasteiger partial charge in [-0.2, -0.15) is 0 Å². The van der Waals surface area contributed by atoms with Crippen molar-refractivity contribution < 1.29 is 23.8 Å². The van der Waals surface area contributed by atoms with E-state index in [4.69, 9.17) is 13.9 Å². The van der Waals surface area contributed by atoms with Gasteiger partial charge in [0, 0.05) is 17.0 Å². The van der Waals surface area contributed by atoms with Gasteiger partial charge in [0.05, 0.1) is 19.6 Å². The van der Waals surface area contributed by atoms with E-state index in [1.807, 2.05) is 37.3 Å². The molecule has 140 valence electrons. The SMILES string of the molecule is COc1ccc(-c2cc(=N[C@@H](C)C(=O)O)c3cc(C)ccc3o2)cc1OC. The minimum Gasteiger partial charge on any atom is -0.493 e. The van der Waals surface area contributed by atoms with Crippen LogP contribution in [0.25, 0.3) is 22.3 Å². The number of carboxylic acids is 1. The molecule has 0 saturated heterocycles. The molecular formula is C21H21NO5. The van der Waals surface area contributed by atoms with Crippen molar-refractivity contribution in [2.75, 3.05) is 14.2 Å². The molecule has 3 aromatic rings. The number of methoxy groups -OCH3 is 2. The average molecular weight is 367 g/mol. The lowest BCUT2D eigenvalue weighted by Crippen LogP contribution is -2.18. The van der Waals surface area contributed by atoms with Crippen molar-refractivity contribution in [2.45, 2.75) is 19.9 Å². The Balaban J connectivity index is 2.26. The van der Waals surface area contributed by atoms with Crippen molar-refractivity contribution in [2.24, 2.45) is 4.99 Å². The molecule has 0 spiro atoms. The van der Waals surface area contributed by atoms with Gasteiger partial charge in [0.25, 0.3) is 0 Å². The smallest absolute Gasteiger partial charge is 0.328 e. The Morgan fingerprint density at radius 2 is 1.81 bits per heavy atom. The molecule has 6 heteroatoms. The van der Waals surface area contributed by atoms with Gasteiger partial charge in [-0.15, -0.1) is 0 Å². The van der Waals surface area contributed by atoms with Crippen LogP contribution in [0.4, 0.5) is 0 Å². The van der Waals surface area contributed by atoms with Crippen LogP contribution in [0.15, 0.2) is 51.9 Å². The second-order valence-corrected chi connectivity index (χ2v) is 6.21. The van der Waals surface area contributed by atoms with Gasteiger partial charge in [-0.3, -0.25) is 4.99 Å². The first-order valence-corrected chi connectivity index (χ1v) is 8.46. The van der Waals surface area contributed by atoms with Crippen LogP contribution < -0.4 is 14.8 Å². The third-order valence-electron chi connectivity index (χ3n) is 4.26. The number of nitrogens with zero attached hydrogens (tertiary/aromatic N) is 1. The monoisotopic (exact) mass is 367 g/mol. The standard InChI is InChI=1S/C21H21NO5/c1-12-5-7-17-15(9-12)16(22-13(2)21(23)24)11-19(27-17)14-6-8-18(25-3)20(10-14)26-4/h5-11,13H,1-4H3,(H,23,24)/t13-/m0/s1. The van der Waals surface area contributed by atoms with E-state index >= 15 is 0 Å². The van der Waals surface area contributed by atoms with E-state index in [1.54, 1.807) is 33.3 Å². The molecule has 0 bridgehead atoms. The highest BCUT2D eigenvalue weighted by atomic mass is 16.5. The van der Waals surface area contributed by atoms with Crippen molar-refractivity contribution in [1.29, 1.82) is 0 Å². The topological polar surface area (TPSA) is 81.3 Å². The summed E-state index contributed by atoms with van der Waals surface area (Å²) in [5, 5.41) is 10.6. The zero-order valence-corrected chi connectivity index (χ0v) is 15.6. The predicted octanol–water partition coefficient (Wildman–Crippen LogP) is 3.80. The van der Waals surface area contributed by atoms with Crippen molar-refractivity contribution in [3.8, 4) is 22.8 Å². The number of carbonyl (C=O) groups is 1. The van der Waals surface area contributed by atoms with Gasteiger partial charge in [-0.25, -0.2) is 4.79 Å². The first-order valence-electron chi connectivity index (χ1n) is 8.46. The Labute approximate surface area is 156 Å². The van der Waals surface area contributed by atoms with E-state index < -0.39 is 12.0 Å². The highest BCUT2D eigenvalue weighted by molar-refractivity contribution is 5.80. The molecule has 27 heavy (non-hydrogen) atoms. The third kappa shape index (κ3) is 3.79. The van der Waals surface area contributed by atoms with Crippen LogP contribution in [0, 0.1) is 6.92 Å². The number of benzene rings is 2. The van der Waals surface area contributed by atoms with E-state index in [1.165, 1.54) is 0 Å². The summed E-state index contributed by atoms with van der Waals surface area (Å²) in [6.45, 7) is 3.51. The maximum atomic E-state index is 11.3. The van der Waals surface area contributed by atoms with Crippen molar-refractivity contribution >= 4 is 16.9 Å². The number of rotatable bonds is 5. The van der Waals surface area contributed by atoms with Gasteiger partial charge >= 0.3 is 5.97 Å². The Bertz CT molecular complexity index is 1070. The van der Waals surface area contributed by atoms with Gasteiger partial charge in [0.2, 0.25) is 0 Å². The average Bonchev–Trinajstić information content (AvgIpc) is 2.67. The third-order valence-corrected chi connectivity index (χ3v) is 4.26. The molecule has 1 atom stereocenters. The first-order chi connectivity index (χ1) is 12.9. The van der Waals surface area contributed by atoms with Gasteiger partial charge in [0.1, 0.15) is 17.4 Å². The summed E-state index contributed by atoms with van der Waals surface area (Å²) in [6, 6.07) is 12.1. The Morgan fingerprint density at radius 1 is 1.07 bits per heavy atom. The fourth-order valence-corrected chi connectivity index (χ4v) is 2.79. The molecule has 1 N–H and O–H groups in total. The lowest BCUT2D eigenvalue weighted by atomic mass is 10.1. The zero-order chi connectivity index (χ0) is 19.6. The van der Waals surface area contributed by atoms with Gasteiger partial charge < -0.3 is 19.0 Å². The number of hydrogen-bond donors (Lipinski definition) is 1. The van der Waals surface area contributed by atoms with Crippen LogP contribution in [0.1, 0.15) is 12.5 Å². The maximum absolute atomic E-state index is 11.3. The molecule has 0 fully saturated rings. The lowest BCUT2D eigenvalue weighted by molar-refractivity contribution is -0.138. The van der Waals surface area contributed by atoms with Crippen LogP contribution in [-0.4, -0.2) is 31.3 Å². The molecule has 0 unspecified atom stereocenters. The Kier molecular flexibility index (Phi) is 5.16. The predicted molar refractivity (Wildman–Crippen MR) is 102 cm³/mol. The van der Waals surface area contributed by atoms with Crippen LogP contribution in [0.2, 0.25) is 0 Å². The molecule has 1 heterocycles. The summed E-state index contributed by atoms with van der Waals surface area (Å²) in [7, 11) is 3.14. The van der Waals surface area contributed by atoms with Crippen LogP contribution in [0.5, 0.6) is 11.5 Å². The quantitative estimate of drug-likeness (QED) is 0.742. The number of carboxylic acid groups (broad SMARTS) is 1. The van der Waals surface area contributed by atoms with Gasteiger partial charge in [0.15, 0.2) is 11.5 Å². The Hall–Kier alpha value is -3.28. The molecular weight excluding hydrogens is 346 g/mol. The van der Waals surface area contributed by atoms with Crippen LogP contribution in [0.3, 0.4) is 0 Å². The van der Waals surface area contributed by atoms with Crippen molar-refractivity contribution in [1.82, 2.24) is 0 Å². The van der Waals surface area contributed by atoms with Crippen LogP contribution in [-0.2, 0) is 4.79 Å². The number of hydrogen-bond acceptors (Lipinski definition) is 5. The molecule has 2 aromatic carbocycles. The number of aryl methyl sites for hydroxylation is 1. The van der Waals surface area contributed by atoms with E-state index in [0.29, 0.717) is 28.2 Å². The summed E-state index contributed by atoms with van der Waals surface area (Å²) in [5.41, 5.74) is 2.44. The summed E-state index contributed by atoms with van der Waals surface area (Å²) < 4.78 is 16.7. The first kappa shape index (κ1) is 18.5. The van der Waals surface area contributed by atoms with E-state index in [9.17, 15) is 9.90 Å². The maximum Gasteiger partial charge on any atom is 0.328 e. The van der Waals surface area contributed by atoms with Gasteiger partial charge in [-0.1, -0.05) is 11.6 Å². The highest BCUT2D eigenvalue weighted by Crippen LogP contribution is 2.32. The molecule has 0 aliphatic carbocycles. The summed E-state index contributed by atoms with van der Waals surface area (Å²) in [4.78, 5) is 15.6. The molecule has 3 rings (SSSR count). The fraction of sp³-hybridized carbons (Fsp3) is 0.238. The second-order valence-electron chi connectivity index (χ2n) is 6.21. The van der Waals surface area contributed by atoms with E-state index in [-0.39, 0.29) is 0 Å². The zero-order valence-electron chi connectivity index (χ0n) is 15.6. The molecule has 0 radical (unpaired) electrons. The number of fused-ring (bicyclic) bond motifs is 1. The fourth-order valence-electron chi connectivity index (χ4n) is 2.79. The lowest BCUT2D eigenvalue weighted by Gasteiger charge is -2.10. The second kappa shape index (κ2) is 7.53. The van der Waals surface area contributed by atoms with Gasteiger partial charge in [-0.05, 0) is 44.2 Å². The molecule has 0 aliphatic rings. The van der Waals surface area contributed by atoms with E-state index in [2.05, 4.69) is 4.99 Å². The molecule has 6 nitrogen and oxygen atoms in total. The molecule has 1 aromatic heterocycles.